The van der Waals surface area contributed by atoms with Gasteiger partial charge >= 0.3 is 0 Å². The maximum Gasteiger partial charge on any atom is 0.240 e. The largest absolute Gasteiger partial charge is 0.350 e. The van der Waals surface area contributed by atoms with Gasteiger partial charge in [-0.05, 0) is 50.7 Å². The van der Waals surface area contributed by atoms with Crippen LogP contribution in [-0.2, 0) is 27.9 Å². The minimum absolute atomic E-state index is 0.00849. The van der Waals surface area contributed by atoms with Crippen LogP contribution in [0.1, 0.15) is 25.0 Å². The molecule has 3 N–H and O–H groups in total. The minimum Gasteiger partial charge on any atom is -0.350 e. The van der Waals surface area contributed by atoms with Gasteiger partial charge in [-0.1, -0.05) is 42.0 Å². The number of hydrogen-bond donors (Lipinski definition) is 3. The monoisotopic (exact) mass is 459 g/mol. The molecule has 8 nitrogen and oxygen atoms in total. The van der Waals surface area contributed by atoms with Gasteiger partial charge in [-0.2, -0.15) is 5.10 Å². The van der Waals surface area contributed by atoms with Gasteiger partial charge in [0.1, 0.15) is 6.54 Å². The molecule has 0 radical (unpaired) electrons. The van der Waals surface area contributed by atoms with Crippen molar-refractivity contribution >= 4 is 28.1 Å². The summed E-state index contributed by atoms with van der Waals surface area (Å²) < 4.78 is 29.2. The predicted octanol–water partition coefficient (Wildman–Crippen LogP) is 2.92. The zero-order valence-electron chi connectivity index (χ0n) is 17.5. The first kappa shape index (κ1) is 22.9. The number of hydrogen-bond acceptors (Lipinski definition) is 5. The number of sulfonamides is 1. The van der Waals surface area contributed by atoms with E-state index < -0.39 is 10.0 Å². The molecule has 0 bridgehead atoms. The van der Waals surface area contributed by atoms with Gasteiger partial charge in [-0.25, -0.2) is 13.1 Å². The summed E-state index contributed by atoms with van der Waals surface area (Å²) in [5, 5.41) is 9.78. The van der Waals surface area contributed by atoms with Gasteiger partial charge in [-0.3, -0.25) is 14.5 Å². The van der Waals surface area contributed by atoms with E-state index in [9.17, 15) is 13.2 Å². The molecule has 2 aromatic carbocycles. The van der Waals surface area contributed by atoms with Crippen LogP contribution in [0.3, 0.4) is 0 Å². The van der Waals surface area contributed by atoms with Crippen molar-refractivity contribution < 1.29 is 13.2 Å². The van der Waals surface area contributed by atoms with E-state index >= 15 is 0 Å². The number of H-pyrrole nitrogens is 1. The van der Waals surface area contributed by atoms with Crippen molar-refractivity contribution in [1.29, 1.82) is 0 Å². The third kappa shape index (κ3) is 5.87. The van der Waals surface area contributed by atoms with Crippen molar-refractivity contribution in [2.45, 2.75) is 44.8 Å². The summed E-state index contributed by atoms with van der Waals surface area (Å²) in [6, 6.07) is 14.0. The quantitative estimate of drug-likeness (QED) is 0.449. The standard InChI is InChI=1S/C21H25N5O3S2/c1-14(2)25-31(28,29)18-6-4-5-16(11-18)12-22-19(27)13-26-20(23-24-21(26)30)17-9-7-15(3)8-10-17/h4-11,14,25H,12-13H2,1-3H3,(H,22,27)(H,24,30). The van der Waals surface area contributed by atoms with E-state index in [0.717, 1.165) is 11.1 Å². The van der Waals surface area contributed by atoms with Crippen molar-refractivity contribution in [2.24, 2.45) is 0 Å². The predicted molar refractivity (Wildman–Crippen MR) is 121 cm³/mol. The Morgan fingerprint density at radius 1 is 1.19 bits per heavy atom. The second-order valence-electron chi connectivity index (χ2n) is 7.50. The molecular weight excluding hydrogens is 434 g/mol. The number of benzene rings is 2. The van der Waals surface area contributed by atoms with Crippen LogP contribution in [0.15, 0.2) is 53.4 Å². The Bertz CT molecular complexity index is 1230. The molecule has 0 unspecified atom stereocenters. The normalized spacial score (nSPS) is 11.6. The first-order chi connectivity index (χ1) is 14.7. The van der Waals surface area contributed by atoms with Crippen LogP contribution in [-0.4, -0.2) is 35.1 Å². The highest BCUT2D eigenvalue weighted by Gasteiger charge is 2.16. The Morgan fingerprint density at radius 2 is 1.90 bits per heavy atom. The smallest absolute Gasteiger partial charge is 0.240 e. The summed E-state index contributed by atoms with van der Waals surface area (Å²) in [4.78, 5) is 12.7. The maximum atomic E-state index is 12.6. The first-order valence-corrected chi connectivity index (χ1v) is 11.6. The number of nitrogens with one attached hydrogen (secondary N) is 3. The van der Waals surface area contributed by atoms with Crippen molar-refractivity contribution in [3.63, 3.8) is 0 Å². The van der Waals surface area contributed by atoms with E-state index in [4.69, 9.17) is 12.2 Å². The summed E-state index contributed by atoms with van der Waals surface area (Å²) in [5.41, 5.74) is 2.64. The zero-order chi connectivity index (χ0) is 22.6. The lowest BCUT2D eigenvalue weighted by atomic mass is 10.1. The van der Waals surface area contributed by atoms with Gasteiger partial charge in [0.05, 0.1) is 4.90 Å². The lowest BCUT2D eigenvalue weighted by Gasteiger charge is -2.11. The second kappa shape index (κ2) is 9.54. The molecule has 0 atom stereocenters. The number of carbonyl (C=O) groups is 1. The van der Waals surface area contributed by atoms with Gasteiger partial charge in [0.2, 0.25) is 15.9 Å². The van der Waals surface area contributed by atoms with Gasteiger partial charge in [0, 0.05) is 18.2 Å². The van der Waals surface area contributed by atoms with E-state index in [1.807, 2.05) is 31.2 Å². The van der Waals surface area contributed by atoms with Crippen molar-refractivity contribution in [3.8, 4) is 11.4 Å². The van der Waals surface area contributed by atoms with Gasteiger partial charge in [0.15, 0.2) is 10.6 Å². The second-order valence-corrected chi connectivity index (χ2v) is 9.61. The number of aromatic amines is 1. The minimum atomic E-state index is -3.60. The molecular formula is C21H25N5O3S2. The van der Waals surface area contributed by atoms with E-state index in [1.54, 1.807) is 36.6 Å². The Hall–Kier alpha value is -2.82. The first-order valence-electron chi connectivity index (χ1n) is 9.76. The van der Waals surface area contributed by atoms with Crippen LogP contribution in [0.5, 0.6) is 0 Å². The zero-order valence-corrected chi connectivity index (χ0v) is 19.2. The molecule has 1 amide bonds. The summed E-state index contributed by atoms with van der Waals surface area (Å²) >= 11 is 5.28. The molecule has 0 spiro atoms. The van der Waals surface area contributed by atoms with Crippen molar-refractivity contribution in [3.05, 3.63) is 64.4 Å². The molecule has 0 saturated carbocycles. The summed E-state index contributed by atoms with van der Waals surface area (Å²) in [7, 11) is -3.60. The molecule has 0 aliphatic heterocycles. The van der Waals surface area contributed by atoms with E-state index in [-0.39, 0.29) is 29.9 Å². The Labute approximate surface area is 186 Å². The Morgan fingerprint density at radius 3 is 2.58 bits per heavy atom. The van der Waals surface area contributed by atoms with Crippen LogP contribution >= 0.6 is 12.2 Å². The average molecular weight is 460 g/mol. The Kier molecular flexibility index (Phi) is 7.04. The molecule has 0 saturated heterocycles. The molecule has 0 aliphatic carbocycles. The number of aromatic nitrogens is 3. The number of nitrogens with zero attached hydrogens (tertiary/aromatic N) is 2. The molecule has 31 heavy (non-hydrogen) atoms. The Balaban J connectivity index is 1.70. The number of rotatable bonds is 8. The summed E-state index contributed by atoms with van der Waals surface area (Å²) in [6.07, 6.45) is 0. The molecule has 3 rings (SSSR count). The molecule has 10 heteroatoms. The van der Waals surface area contributed by atoms with Gasteiger partial charge in [0.25, 0.3) is 0 Å². The lowest BCUT2D eigenvalue weighted by molar-refractivity contribution is -0.121. The van der Waals surface area contributed by atoms with Crippen molar-refractivity contribution in [2.75, 3.05) is 0 Å². The third-order valence-corrected chi connectivity index (χ3v) is 6.43. The maximum absolute atomic E-state index is 12.6. The van der Waals surface area contributed by atoms with Gasteiger partial charge in [-0.15, -0.1) is 0 Å². The van der Waals surface area contributed by atoms with Crippen LogP contribution in [0.4, 0.5) is 0 Å². The SMILES string of the molecule is Cc1ccc(-c2n[nH]c(=S)n2CC(=O)NCc2cccc(S(=O)(=O)NC(C)C)c2)cc1. The van der Waals surface area contributed by atoms with E-state index in [2.05, 4.69) is 20.2 Å². The molecule has 1 heterocycles. The highest BCUT2D eigenvalue weighted by molar-refractivity contribution is 7.89. The van der Waals surface area contributed by atoms with E-state index in [0.29, 0.717) is 16.2 Å². The van der Waals surface area contributed by atoms with Crippen molar-refractivity contribution in [1.82, 2.24) is 24.8 Å². The van der Waals surface area contributed by atoms with Crippen LogP contribution in [0.25, 0.3) is 11.4 Å². The molecule has 0 fully saturated rings. The van der Waals surface area contributed by atoms with Crippen LogP contribution in [0, 0.1) is 11.7 Å². The fraction of sp³-hybridized carbons (Fsp3) is 0.286. The topological polar surface area (TPSA) is 109 Å². The molecule has 3 aromatic rings. The fourth-order valence-electron chi connectivity index (χ4n) is 2.99. The fourth-order valence-corrected chi connectivity index (χ4v) is 4.51. The highest BCUT2D eigenvalue weighted by atomic mass is 32.2. The highest BCUT2D eigenvalue weighted by Crippen LogP contribution is 2.18. The summed E-state index contributed by atoms with van der Waals surface area (Å²) in [5.74, 6) is 0.312. The number of amides is 1. The van der Waals surface area contributed by atoms with Gasteiger partial charge < -0.3 is 5.32 Å². The molecule has 1 aromatic heterocycles. The number of carbonyl (C=O) groups excluding carboxylic acids is 1. The third-order valence-electron chi connectivity index (χ3n) is 4.46. The van der Waals surface area contributed by atoms with Crippen LogP contribution < -0.4 is 10.0 Å². The van der Waals surface area contributed by atoms with E-state index in [1.165, 1.54) is 6.07 Å². The lowest BCUT2D eigenvalue weighted by Crippen LogP contribution is -2.30. The van der Waals surface area contributed by atoms with Crippen LogP contribution in [0.2, 0.25) is 0 Å². The summed E-state index contributed by atoms with van der Waals surface area (Å²) in [6.45, 7) is 5.69. The average Bonchev–Trinajstić information content (AvgIpc) is 3.06. The number of aryl methyl sites for hydroxylation is 1. The molecule has 164 valence electrons. The molecule has 0 aliphatic rings.